The standard InChI is InChI=1S/C22H43NO6Si/c1-8-10-17(2)13-18(3)14-19(4)15-20(16-21(24)25)22(26)23-11-9-12-30(27-5,28-6)29-7/h14,17-18,20H,8-13,15-16H2,1-7H3,(H,23,26)(H,24,25). The Hall–Kier alpha value is -1.22. The highest BCUT2D eigenvalue weighted by Crippen LogP contribution is 2.22. The summed E-state index contributed by atoms with van der Waals surface area (Å²) in [6, 6.07) is 0.576. The van der Waals surface area contributed by atoms with Gasteiger partial charge in [0.25, 0.3) is 0 Å². The van der Waals surface area contributed by atoms with Crippen LogP contribution in [0.1, 0.15) is 66.2 Å². The van der Waals surface area contributed by atoms with Gasteiger partial charge in [-0.3, -0.25) is 9.59 Å². The quantitative estimate of drug-likeness (QED) is 0.197. The minimum atomic E-state index is -2.66. The van der Waals surface area contributed by atoms with Gasteiger partial charge in [-0.05, 0) is 38.0 Å². The predicted molar refractivity (Wildman–Crippen MR) is 121 cm³/mol. The first kappa shape index (κ1) is 28.8. The molecule has 0 rings (SSSR count). The van der Waals surface area contributed by atoms with Gasteiger partial charge >= 0.3 is 14.8 Å². The molecule has 3 atom stereocenters. The Balaban J connectivity index is 4.76. The van der Waals surface area contributed by atoms with Crippen LogP contribution in [0.5, 0.6) is 0 Å². The highest BCUT2D eigenvalue weighted by Gasteiger charge is 2.37. The van der Waals surface area contributed by atoms with E-state index >= 15 is 0 Å². The number of carbonyl (C=O) groups excluding carboxylic acids is 1. The summed E-state index contributed by atoms with van der Waals surface area (Å²) in [6.07, 6.45) is 6.59. The fraction of sp³-hybridized carbons (Fsp3) is 0.818. The summed E-state index contributed by atoms with van der Waals surface area (Å²) >= 11 is 0. The van der Waals surface area contributed by atoms with Crippen molar-refractivity contribution in [2.24, 2.45) is 17.8 Å². The van der Waals surface area contributed by atoms with Crippen molar-refractivity contribution in [3.8, 4) is 0 Å². The van der Waals surface area contributed by atoms with Crippen LogP contribution in [0.25, 0.3) is 0 Å². The van der Waals surface area contributed by atoms with Crippen molar-refractivity contribution in [1.29, 1.82) is 0 Å². The van der Waals surface area contributed by atoms with Crippen LogP contribution in [0.15, 0.2) is 11.6 Å². The summed E-state index contributed by atoms with van der Waals surface area (Å²) in [5.74, 6) is -0.688. The molecule has 2 N–H and O–H groups in total. The van der Waals surface area contributed by atoms with Gasteiger partial charge in [-0.15, -0.1) is 0 Å². The number of allylic oxidation sites excluding steroid dienone is 2. The Bertz CT molecular complexity index is 527. The lowest BCUT2D eigenvalue weighted by molar-refractivity contribution is -0.141. The highest BCUT2D eigenvalue weighted by molar-refractivity contribution is 6.60. The van der Waals surface area contributed by atoms with Gasteiger partial charge in [-0.25, -0.2) is 0 Å². The van der Waals surface area contributed by atoms with E-state index in [9.17, 15) is 14.7 Å². The van der Waals surface area contributed by atoms with Gasteiger partial charge in [0, 0.05) is 33.9 Å². The third-order valence-corrected chi connectivity index (χ3v) is 8.21. The number of hydrogen-bond acceptors (Lipinski definition) is 5. The summed E-state index contributed by atoms with van der Waals surface area (Å²) in [6.45, 7) is 9.04. The van der Waals surface area contributed by atoms with E-state index in [2.05, 4.69) is 32.2 Å². The lowest BCUT2D eigenvalue weighted by atomic mass is 9.90. The van der Waals surface area contributed by atoms with Crippen LogP contribution in [0, 0.1) is 17.8 Å². The molecule has 0 aliphatic rings. The van der Waals surface area contributed by atoms with Crippen molar-refractivity contribution in [2.45, 2.75) is 72.3 Å². The van der Waals surface area contributed by atoms with Crippen molar-refractivity contribution >= 4 is 20.7 Å². The fourth-order valence-corrected chi connectivity index (χ4v) is 5.66. The lowest BCUT2D eigenvalue weighted by Gasteiger charge is -2.24. The molecular weight excluding hydrogens is 402 g/mol. The van der Waals surface area contributed by atoms with Gasteiger partial charge in [0.15, 0.2) is 0 Å². The molecule has 0 bridgehead atoms. The average Bonchev–Trinajstić information content (AvgIpc) is 2.67. The molecule has 0 aliphatic carbocycles. The maximum atomic E-state index is 12.6. The summed E-state index contributed by atoms with van der Waals surface area (Å²) in [7, 11) is 2.00. The van der Waals surface area contributed by atoms with Crippen molar-refractivity contribution in [3.05, 3.63) is 11.6 Å². The van der Waals surface area contributed by atoms with Gasteiger partial charge in [0.1, 0.15) is 0 Å². The lowest BCUT2D eigenvalue weighted by Crippen LogP contribution is -2.43. The Kier molecular flexibility index (Phi) is 14.9. The van der Waals surface area contributed by atoms with Gasteiger partial charge < -0.3 is 23.7 Å². The van der Waals surface area contributed by atoms with Crippen LogP contribution < -0.4 is 5.32 Å². The molecule has 0 fully saturated rings. The van der Waals surface area contributed by atoms with E-state index in [0.29, 0.717) is 37.3 Å². The number of nitrogens with one attached hydrogen (secondary N) is 1. The van der Waals surface area contributed by atoms with Crippen molar-refractivity contribution in [1.82, 2.24) is 5.32 Å². The third-order valence-electron chi connectivity index (χ3n) is 5.38. The number of rotatable bonds is 17. The number of hydrogen-bond donors (Lipinski definition) is 2. The van der Waals surface area contributed by atoms with E-state index in [1.54, 1.807) is 21.3 Å². The average molecular weight is 446 g/mol. The number of amides is 1. The molecule has 30 heavy (non-hydrogen) atoms. The molecule has 0 heterocycles. The first-order valence-corrected chi connectivity index (χ1v) is 12.9. The molecule has 0 spiro atoms. The molecule has 0 saturated heterocycles. The second kappa shape index (κ2) is 15.6. The largest absolute Gasteiger partial charge is 0.500 e. The summed E-state index contributed by atoms with van der Waals surface area (Å²) in [5.41, 5.74) is 1.07. The molecule has 0 aromatic heterocycles. The van der Waals surface area contributed by atoms with E-state index in [1.165, 1.54) is 12.8 Å². The van der Waals surface area contributed by atoms with E-state index < -0.39 is 20.7 Å². The zero-order valence-electron chi connectivity index (χ0n) is 20.0. The van der Waals surface area contributed by atoms with Crippen LogP contribution in [0.3, 0.4) is 0 Å². The van der Waals surface area contributed by atoms with Crippen LogP contribution >= 0.6 is 0 Å². The molecule has 0 aromatic rings. The van der Waals surface area contributed by atoms with Crippen molar-refractivity contribution < 1.29 is 28.0 Å². The SMILES string of the molecule is CCCC(C)CC(C)C=C(C)CC(CC(=O)O)C(=O)NCCC[Si](OC)(OC)OC. The minimum absolute atomic E-state index is 0.176. The minimum Gasteiger partial charge on any atom is -0.481 e. The number of carbonyl (C=O) groups is 2. The Morgan fingerprint density at radius 1 is 1.10 bits per heavy atom. The topological polar surface area (TPSA) is 94.1 Å². The summed E-state index contributed by atoms with van der Waals surface area (Å²) < 4.78 is 16.1. The van der Waals surface area contributed by atoms with Gasteiger partial charge in [0.05, 0.1) is 12.3 Å². The van der Waals surface area contributed by atoms with E-state index in [1.807, 2.05) is 6.92 Å². The Morgan fingerprint density at radius 3 is 2.20 bits per heavy atom. The summed E-state index contributed by atoms with van der Waals surface area (Å²) in [5, 5.41) is 12.1. The van der Waals surface area contributed by atoms with E-state index in [4.69, 9.17) is 13.3 Å². The molecule has 1 amide bonds. The van der Waals surface area contributed by atoms with E-state index in [-0.39, 0.29) is 12.3 Å². The molecule has 0 aromatic carbocycles. The van der Waals surface area contributed by atoms with Gasteiger partial charge in [0.2, 0.25) is 5.91 Å². The third kappa shape index (κ3) is 11.8. The molecule has 0 saturated carbocycles. The van der Waals surface area contributed by atoms with Crippen molar-refractivity contribution in [2.75, 3.05) is 27.9 Å². The van der Waals surface area contributed by atoms with Crippen molar-refractivity contribution in [3.63, 3.8) is 0 Å². The van der Waals surface area contributed by atoms with Gasteiger partial charge in [-0.2, -0.15) is 0 Å². The monoisotopic (exact) mass is 445 g/mol. The first-order valence-electron chi connectivity index (χ1n) is 10.9. The maximum Gasteiger partial charge on any atom is 0.500 e. The first-order chi connectivity index (χ1) is 14.1. The second-order valence-electron chi connectivity index (χ2n) is 8.31. The molecule has 0 radical (unpaired) electrons. The zero-order valence-corrected chi connectivity index (χ0v) is 21.0. The highest BCUT2D eigenvalue weighted by atomic mass is 28.4. The zero-order chi connectivity index (χ0) is 23.2. The smallest absolute Gasteiger partial charge is 0.481 e. The number of aliphatic carboxylic acids is 1. The molecule has 8 heteroatoms. The van der Waals surface area contributed by atoms with Gasteiger partial charge in [-0.1, -0.05) is 45.3 Å². The van der Waals surface area contributed by atoms with Crippen LogP contribution in [0.2, 0.25) is 6.04 Å². The van der Waals surface area contributed by atoms with Crippen LogP contribution in [-0.4, -0.2) is 53.7 Å². The normalized spacial score (nSPS) is 15.5. The number of carboxylic acid groups (broad SMARTS) is 1. The van der Waals surface area contributed by atoms with Crippen LogP contribution in [0.4, 0.5) is 0 Å². The second-order valence-corrected chi connectivity index (χ2v) is 11.4. The fourth-order valence-electron chi connectivity index (χ4n) is 3.94. The molecule has 3 unspecified atom stereocenters. The Labute approximate surface area is 183 Å². The van der Waals surface area contributed by atoms with E-state index in [0.717, 1.165) is 12.0 Å². The van der Waals surface area contributed by atoms with Crippen LogP contribution in [-0.2, 0) is 22.9 Å². The molecule has 0 aliphatic heterocycles. The summed E-state index contributed by atoms with van der Waals surface area (Å²) in [4.78, 5) is 23.9. The maximum absolute atomic E-state index is 12.6. The molecular formula is C22H43NO6Si. The predicted octanol–water partition coefficient (Wildman–Crippen LogP) is 4.26. The molecule has 176 valence electrons. The molecule has 7 nitrogen and oxygen atoms in total. The number of carboxylic acids is 1. The Morgan fingerprint density at radius 2 is 1.70 bits per heavy atom.